The van der Waals surface area contributed by atoms with Gasteiger partial charge in [0.1, 0.15) is 6.35 Å². The molecule has 0 saturated heterocycles. The van der Waals surface area contributed by atoms with E-state index < -0.39 is 13.7 Å². The Morgan fingerprint density at radius 3 is 2.16 bits per heavy atom. The van der Waals surface area contributed by atoms with Crippen LogP contribution in [0.4, 0.5) is 0 Å². The molecule has 0 aliphatic rings. The Morgan fingerprint density at radius 2 is 1.79 bits per heavy atom. The Bertz CT molecular complexity index is 330. The second-order valence-electron chi connectivity index (χ2n) is 4.43. The van der Waals surface area contributed by atoms with Crippen LogP contribution in [0.3, 0.4) is 0 Å². The molecule has 1 unspecified atom stereocenters. The third kappa shape index (κ3) is 8.99. The van der Waals surface area contributed by atoms with E-state index in [1.165, 1.54) is 0 Å². The number of hydrogen-bond acceptors (Lipinski definition) is 6. The molecule has 1 N–H and O–H groups in total. The number of ether oxygens (including phenoxy) is 1. The van der Waals surface area contributed by atoms with Gasteiger partial charge in [0.05, 0.1) is 31.5 Å². The molecule has 0 amide bonds. The molecule has 9 heteroatoms. The van der Waals surface area contributed by atoms with Gasteiger partial charge in [-0.2, -0.15) is 0 Å². The van der Waals surface area contributed by atoms with Gasteiger partial charge in [0.25, 0.3) is 0 Å². The van der Waals surface area contributed by atoms with Crippen LogP contribution in [-0.2, 0) is 18.3 Å². The van der Waals surface area contributed by atoms with E-state index in [-0.39, 0.29) is 31.7 Å². The highest BCUT2D eigenvalue weighted by Crippen LogP contribution is 2.50. The summed E-state index contributed by atoms with van der Waals surface area (Å²) in [6.07, 6.45) is -1.58. The molecule has 0 spiro atoms. The fourth-order valence-corrected chi connectivity index (χ4v) is 3.07. The van der Waals surface area contributed by atoms with Crippen LogP contribution in [0.5, 0.6) is 0 Å². The zero-order valence-corrected chi connectivity index (χ0v) is 12.6. The monoisotopic (exact) mass is 295 g/mol. The van der Waals surface area contributed by atoms with Crippen LogP contribution < -0.4 is 0 Å². The van der Waals surface area contributed by atoms with Crippen LogP contribution in [-0.4, -0.2) is 42.9 Å². The molecular weight excluding hydrogens is 273 g/mol. The van der Waals surface area contributed by atoms with Crippen molar-refractivity contribution in [1.82, 2.24) is 0 Å². The molecule has 19 heavy (non-hydrogen) atoms. The largest absolute Gasteiger partial charge is 0.394 e. The van der Waals surface area contributed by atoms with E-state index in [2.05, 4.69) is 10.0 Å². The molecule has 0 saturated carbocycles. The molecule has 112 valence electrons. The van der Waals surface area contributed by atoms with Gasteiger partial charge in [0, 0.05) is 4.91 Å². The van der Waals surface area contributed by atoms with Crippen molar-refractivity contribution in [3.05, 3.63) is 10.4 Å². The molecule has 0 aromatic carbocycles. The minimum absolute atomic E-state index is 0.0453. The second kappa shape index (κ2) is 9.31. The third-order valence-corrected chi connectivity index (χ3v) is 3.71. The van der Waals surface area contributed by atoms with E-state index in [0.29, 0.717) is 0 Å². The highest BCUT2D eigenvalue weighted by molar-refractivity contribution is 7.53. The lowest BCUT2D eigenvalue weighted by atomic mass is 10.4. The summed E-state index contributed by atoms with van der Waals surface area (Å²) in [6, 6.07) is 0. The molecule has 0 bridgehead atoms. The first kappa shape index (κ1) is 18.4. The molecule has 0 aliphatic carbocycles. The summed E-state index contributed by atoms with van der Waals surface area (Å²) in [4.78, 5) is 2.57. The van der Waals surface area contributed by atoms with Crippen LogP contribution in [0.1, 0.15) is 27.7 Å². The van der Waals surface area contributed by atoms with Crippen molar-refractivity contribution in [2.75, 3.05) is 19.5 Å². The zero-order chi connectivity index (χ0) is 14.9. The Kier molecular flexibility index (Phi) is 9.01. The number of nitrogens with zero attached hydrogens (tertiary/aromatic N) is 3. The minimum Gasteiger partial charge on any atom is -0.394 e. The summed E-state index contributed by atoms with van der Waals surface area (Å²) in [5, 5.41) is 12.3. The van der Waals surface area contributed by atoms with Gasteiger partial charge in [0.15, 0.2) is 0 Å². The van der Waals surface area contributed by atoms with Gasteiger partial charge in [-0.25, -0.2) is 0 Å². The van der Waals surface area contributed by atoms with E-state index in [0.717, 1.165) is 0 Å². The number of hydrogen-bond donors (Lipinski definition) is 1. The van der Waals surface area contributed by atoms with E-state index >= 15 is 0 Å². The van der Waals surface area contributed by atoms with Crippen LogP contribution in [0.2, 0.25) is 0 Å². The lowest BCUT2D eigenvalue weighted by Crippen LogP contribution is -2.23. The number of rotatable bonds is 10. The van der Waals surface area contributed by atoms with Crippen LogP contribution in [0.15, 0.2) is 5.11 Å². The fraction of sp³-hybridized carbons (Fsp3) is 1.00. The predicted octanol–water partition coefficient (Wildman–Crippen LogP) is 2.67. The van der Waals surface area contributed by atoms with Gasteiger partial charge in [-0.3, -0.25) is 4.57 Å². The molecular formula is C10H22N3O5P. The van der Waals surface area contributed by atoms with Gasteiger partial charge in [-0.15, -0.1) is 0 Å². The predicted molar refractivity (Wildman–Crippen MR) is 70.9 cm³/mol. The molecule has 0 fully saturated rings. The van der Waals surface area contributed by atoms with Crippen molar-refractivity contribution in [2.45, 2.75) is 46.0 Å². The summed E-state index contributed by atoms with van der Waals surface area (Å²) >= 11 is 0. The van der Waals surface area contributed by atoms with Crippen LogP contribution in [0, 0.1) is 0 Å². The molecule has 0 heterocycles. The van der Waals surface area contributed by atoms with Crippen molar-refractivity contribution in [3.63, 3.8) is 0 Å². The lowest BCUT2D eigenvalue weighted by molar-refractivity contribution is 0.0252. The van der Waals surface area contributed by atoms with E-state index in [4.69, 9.17) is 24.4 Å². The van der Waals surface area contributed by atoms with E-state index in [9.17, 15) is 4.57 Å². The third-order valence-electron chi connectivity index (χ3n) is 1.76. The van der Waals surface area contributed by atoms with Crippen molar-refractivity contribution in [1.29, 1.82) is 0 Å². The average Bonchev–Trinajstić information content (AvgIpc) is 2.27. The van der Waals surface area contributed by atoms with Gasteiger partial charge < -0.3 is 18.9 Å². The maximum atomic E-state index is 12.4. The number of aliphatic hydroxyl groups excluding tert-OH is 1. The average molecular weight is 295 g/mol. The smallest absolute Gasteiger partial charge is 0.356 e. The zero-order valence-electron chi connectivity index (χ0n) is 11.7. The topological polar surface area (TPSA) is 114 Å². The van der Waals surface area contributed by atoms with E-state index in [1.54, 1.807) is 27.7 Å². The maximum Gasteiger partial charge on any atom is 0.356 e. The highest BCUT2D eigenvalue weighted by Gasteiger charge is 2.29. The molecule has 1 atom stereocenters. The Labute approximate surface area is 113 Å². The quantitative estimate of drug-likeness (QED) is 0.288. The normalized spacial score (nSPS) is 13.6. The standard InChI is InChI=1S/C10H22N3O5P/c1-8(2)17-19(15,18-9(3)4)7-16-10(6-14)5-12-13-11/h8-10,14H,5-7H2,1-4H3. The first-order valence-electron chi connectivity index (χ1n) is 6.02. The van der Waals surface area contributed by atoms with Crippen molar-refractivity contribution in [2.24, 2.45) is 5.11 Å². The Morgan fingerprint density at radius 1 is 1.26 bits per heavy atom. The first-order valence-corrected chi connectivity index (χ1v) is 7.75. The van der Waals surface area contributed by atoms with Gasteiger partial charge in [-0.05, 0) is 33.2 Å². The maximum absolute atomic E-state index is 12.4. The van der Waals surface area contributed by atoms with Crippen LogP contribution >= 0.6 is 7.60 Å². The fourth-order valence-electron chi connectivity index (χ4n) is 1.22. The summed E-state index contributed by atoms with van der Waals surface area (Å²) < 4.78 is 28.1. The molecule has 0 aromatic heterocycles. The van der Waals surface area contributed by atoms with Crippen molar-refractivity contribution < 1.29 is 23.5 Å². The van der Waals surface area contributed by atoms with Gasteiger partial charge >= 0.3 is 7.60 Å². The molecule has 8 nitrogen and oxygen atoms in total. The summed E-state index contributed by atoms with van der Waals surface area (Å²) in [7, 11) is -3.40. The minimum atomic E-state index is -3.40. The lowest BCUT2D eigenvalue weighted by Gasteiger charge is -2.24. The number of aliphatic hydroxyl groups is 1. The number of azide groups is 1. The second-order valence-corrected chi connectivity index (χ2v) is 6.33. The molecule has 0 rings (SSSR count). The molecule has 0 aromatic rings. The summed E-state index contributed by atoms with van der Waals surface area (Å²) in [5.41, 5.74) is 8.19. The first-order chi connectivity index (χ1) is 8.83. The molecule has 0 aliphatic heterocycles. The van der Waals surface area contributed by atoms with Crippen molar-refractivity contribution >= 4 is 7.60 Å². The van der Waals surface area contributed by atoms with Crippen molar-refractivity contribution in [3.8, 4) is 0 Å². The van der Waals surface area contributed by atoms with Gasteiger partial charge in [0.2, 0.25) is 0 Å². The Balaban J connectivity index is 4.54. The SMILES string of the molecule is CC(C)OP(=O)(COC(CO)CN=[N+]=[N-])OC(C)C. The van der Waals surface area contributed by atoms with Crippen LogP contribution in [0.25, 0.3) is 10.4 Å². The van der Waals surface area contributed by atoms with Gasteiger partial charge in [-0.1, -0.05) is 5.11 Å². The summed E-state index contributed by atoms with van der Waals surface area (Å²) in [6.45, 7) is 6.55. The van der Waals surface area contributed by atoms with E-state index in [1.807, 2.05) is 0 Å². The Hall–Kier alpha value is -0.620. The highest BCUT2D eigenvalue weighted by atomic mass is 31.2. The summed E-state index contributed by atoms with van der Waals surface area (Å²) in [5.74, 6) is 0. The molecule has 0 radical (unpaired) electrons.